The molecule has 1 aliphatic rings. The molecule has 0 fully saturated rings. The van der Waals surface area contributed by atoms with Crippen LogP contribution >= 0.6 is 11.6 Å². The Bertz CT molecular complexity index is 1510. The van der Waals surface area contributed by atoms with Crippen molar-refractivity contribution in [3.05, 3.63) is 77.6 Å². The number of nitrogens with zero attached hydrogens (tertiary/aromatic N) is 3. The van der Waals surface area contributed by atoms with Crippen LogP contribution in [0, 0.1) is 0 Å². The van der Waals surface area contributed by atoms with Crippen LogP contribution in [0.15, 0.2) is 72.0 Å². The van der Waals surface area contributed by atoms with E-state index in [1.807, 2.05) is 18.2 Å². The summed E-state index contributed by atoms with van der Waals surface area (Å²) in [6.07, 6.45) is -0.602. The molecule has 1 atom stereocenters. The molecule has 0 saturated carbocycles. The number of aryl methyl sites for hydroxylation is 1. The predicted octanol–water partition coefficient (Wildman–Crippen LogP) is 6.44. The molecule has 2 amide bonds. The van der Waals surface area contributed by atoms with Gasteiger partial charge in [-0.15, -0.1) is 0 Å². The summed E-state index contributed by atoms with van der Waals surface area (Å²) >= 11 is 5.65. The Labute approximate surface area is 217 Å². The average molecular weight is 546 g/mol. The molecule has 0 radical (unpaired) electrons. The van der Waals surface area contributed by atoms with Gasteiger partial charge in [0.05, 0.1) is 21.4 Å². The smallest absolute Gasteiger partial charge is 0.308 e. The highest BCUT2D eigenvalue weighted by Crippen LogP contribution is 2.39. The molecule has 4 aromatic rings. The van der Waals surface area contributed by atoms with Crippen molar-refractivity contribution in [2.24, 2.45) is 0 Å². The minimum Gasteiger partial charge on any atom is -0.308 e. The quantitative estimate of drug-likeness (QED) is 0.309. The molecule has 37 heavy (non-hydrogen) atoms. The maximum atomic E-state index is 13.1. The SMILES string of the molecule is O=C(Nc1cccc(-c2nn3c(c2-c2ccncc2)S(=O)CCC3)c1)Nc1ccc(Cl)c(C(F)(F)F)c1. The third-order valence-corrected chi connectivity index (χ3v) is 7.55. The Kier molecular flexibility index (Phi) is 6.74. The van der Waals surface area contributed by atoms with E-state index in [9.17, 15) is 22.2 Å². The molecule has 1 unspecified atom stereocenters. The number of benzene rings is 2. The van der Waals surface area contributed by atoms with Gasteiger partial charge in [0.1, 0.15) is 10.7 Å². The Morgan fingerprint density at radius 3 is 2.46 bits per heavy atom. The Balaban J connectivity index is 1.44. The van der Waals surface area contributed by atoms with Crippen molar-refractivity contribution in [3.8, 4) is 22.4 Å². The minimum atomic E-state index is -4.65. The van der Waals surface area contributed by atoms with Crippen LogP contribution in [0.1, 0.15) is 12.0 Å². The highest BCUT2D eigenvalue weighted by atomic mass is 35.5. The lowest BCUT2D eigenvalue weighted by molar-refractivity contribution is -0.137. The predicted molar refractivity (Wildman–Crippen MR) is 136 cm³/mol. The average Bonchev–Trinajstić information content (AvgIpc) is 3.26. The molecule has 2 aromatic heterocycles. The summed E-state index contributed by atoms with van der Waals surface area (Å²) < 4.78 is 54.1. The minimum absolute atomic E-state index is 0.0605. The summed E-state index contributed by atoms with van der Waals surface area (Å²) in [5, 5.41) is 9.95. The number of alkyl halides is 3. The van der Waals surface area contributed by atoms with Crippen LogP contribution in [-0.2, 0) is 23.5 Å². The monoisotopic (exact) mass is 545 g/mol. The van der Waals surface area contributed by atoms with Crippen LogP contribution in [-0.4, -0.2) is 30.8 Å². The van der Waals surface area contributed by atoms with E-state index in [1.54, 1.807) is 35.3 Å². The third-order valence-electron chi connectivity index (χ3n) is 5.71. The van der Waals surface area contributed by atoms with Gasteiger partial charge >= 0.3 is 12.2 Å². The van der Waals surface area contributed by atoms with Crippen molar-refractivity contribution in [2.45, 2.75) is 24.2 Å². The van der Waals surface area contributed by atoms with Crippen LogP contribution in [0.4, 0.5) is 29.3 Å². The molecule has 7 nitrogen and oxygen atoms in total. The van der Waals surface area contributed by atoms with Crippen molar-refractivity contribution < 1.29 is 22.2 Å². The van der Waals surface area contributed by atoms with E-state index in [4.69, 9.17) is 16.7 Å². The summed E-state index contributed by atoms with van der Waals surface area (Å²) in [4.78, 5) is 16.6. The van der Waals surface area contributed by atoms with Crippen molar-refractivity contribution in [3.63, 3.8) is 0 Å². The molecular formula is C25H19ClF3N5O2S. The van der Waals surface area contributed by atoms with Gasteiger partial charge in [0.15, 0.2) is 0 Å². The summed E-state index contributed by atoms with van der Waals surface area (Å²) in [6, 6.07) is 12.9. The number of carbonyl (C=O) groups is 1. The molecule has 0 bridgehead atoms. The number of nitrogens with one attached hydrogen (secondary N) is 2. The van der Waals surface area contributed by atoms with E-state index in [1.165, 1.54) is 6.07 Å². The molecule has 12 heteroatoms. The molecule has 2 N–H and O–H groups in total. The summed E-state index contributed by atoms with van der Waals surface area (Å²) in [5.41, 5.74) is 2.13. The second kappa shape index (κ2) is 9.98. The van der Waals surface area contributed by atoms with Crippen LogP contribution in [0.25, 0.3) is 22.4 Å². The number of amides is 2. The number of hydrogen-bond donors (Lipinski definition) is 2. The van der Waals surface area contributed by atoms with Gasteiger partial charge in [0, 0.05) is 47.2 Å². The topological polar surface area (TPSA) is 88.9 Å². The van der Waals surface area contributed by atoms with Crippen molar-refractivity contribution in [2.75, 3.05) is 16.4 Å². The first-order valence-electron chi connectivity index (χ1n) is 11.2. The van der Waals surface area contributed by atoms with Crippen molar-refractivity contribution in [1.29, 1.82) is 0 Å². The number of aromatic nitrogens is 3. The fourth-order valence-corrected chi connectivity index (χ4v) is 5.73. The molecule has 0 saturated heterocycles. The van der Waals surface area contributed by atoms with Gasteiger partial charge in [0.25, 0.3) is 0 Å². The zero-order chi connectivity index (χ0) is 26.2. The number of fused-ring (bicyclic) bond motifs is 1. The van der Waals surface area contributed by atoms with E-state index in [-0.39, 0.29) is 5.69 Å². The lowest BCUT2D eigenvalue weighted by Crippen LogP contribution is -2.20. The van der Waals surface area contributed by atoms with E-state index < -0.39 is 33.6 Å². The maximum absolute atomic E-state index is 13.1. The summed E-state index contributed by atoms with van der Waals surface area (Å²) in [6.45, 7) is 0.639. The van der Waals surface area contributed by atoms with Gasteiger partial charge in [-0.1, -0.05) is 23.7 Å². The Hall–Kier alpha value is -3.70. The molecule has 2 aromatic carbocycles. The molecule has 190 valence electrons. The van der Waals surface area contributed by atoms with Crippen LogP contribution in [0.2, 0.25) is 5.02 Å². The normalized spacial score (nSPS) is 15.2. The molecular weight excluding hydrogens is 527 g/mol. The Morgan fingerprint density at radius 2 is 1.73 bits per heavy atom. The van der Waals surface area contributed by atoms with E-state index in [0.29, 0.717) is 34.3 Å². The van der Waals surface area contributed by atoms with Crippen molar-refractivity contribution in [1.82, 2.24) is 14.8 Å². The Morgan fingerprint density at radius 1 is 1.00 bits per heavy atom. The fraction of sp³-hybridized carbons (Fsp3) is 0.160. The number of urea groups is 1. The lowest BCUT2D eigenvalue weighted by atomic mass is 10.0. The number of carbonyl (C=O) groups excluding carboxylic acids is 1. The molecule has 3 heterocycles. The highest BCUT2D eigenvalue weighted by Gasteiger charge is 2.33. The third kappa shape index (κ3) is 5.23. The number of pyridine rings is 1. The highest BCUT2D eigenvalue weighted by molar-refractivity contribution is 7.85. The van der Waals surface area contributed by atoms with Gasteiger partial charge in [-0.2, -0.15) is 18.3 Å². The largest absolute Gasteiger partial charge is 0.417 e. The van der Waals surface area contributed by atoms with Crippen molar-refractivity contribution >= 4 is 39.8 Å². The first-order chi connectivity index (χ1) is 17.7. The number of halogens is 4. The second-order valence-electron chi connectivity index (χ2n) is 8.24. The number of anilines is 2. The molecule has 5 rings (SSSR count). The van der Waals surface area contributed by atoms with Crippen LogP contribution in [0.5, 0.6) is 0 Å². The molecule has 0 aliphatic carbocycles. The first-order valence-corrected chi connectivity index (χ1v) is 12.8. The zero-order valence-electron chi connectivity index (χ0n) is 19.1. The van der Waals surface area contributed by atoms with Crippen LogP contribution in [0.3, 0.4) is 0 Å². The zero-order valence-corrected chi connectivity index (χ0v) is 20.6. The van der Waals surface area contributed by atoms with Crippen LogP contribution < -0.4 is 10.6 Å². The van der Waals surface area contributed by atoms with Gasteiger partial charge in [-0.05, 0) is 54.4 Å². The number of rotatable bonds is 4. The van der Waals surface area contributed by atoms with Gasteiger partial charge in [-0.25, -0.2) is 4.79 Å². The van der Waals surface area contributed by atoms with Gasteiger partial charge in [0.2, 0.25) is 0 Å². The summed E-state index contributed by atoms with van der Waals surface area (Å²) in [7, 11) is -1.22. The second-order valence-corrected chi connectivity index (χ2v) is 10.1. The fourth-order valence-electron chi connectivity index (χ4n) is 4.11. The van der Waals surface area contributed by atoms with E-state index >= 15 is 0 Å². The van der Waals surface area contributed by atoms with Gasteiger partial charge in [-0.3, -0.25) is 13.9 Å². The molecule has 0 spiro atoms. The lowest BCUT2D eigenvalue weighted by Gasteiger charge is -2.14. The standard InChI is InChI=1S/C25H19ClF3N5O2S/c26-20-6-5-18(14-19(20)25(27,28)29)32-24(35)31-17-4-1-3-16(13-17)22-21(15-7-9-30-10-8-15)23-34(33-22)11-2-12-37(23)36/h1,3-10,13-14H,2,11-12H2,(H2,31,32,35). The first kappa shape index (κ1) is 25.0. The maximum Gasteiger partial charge on any atom is 0.417 e. The summed E-state index contributed by atoms with van der Waals surface area (Å²) in [5.74, 6) is 0.547. The van der Waals surface area contributed by atoms with E-state index in [2.05, 4.69) is 15.6 Å². The van der Waals surface area contributed by atoms with Gasteiger partial charge < -0.3 is 10.6 Å². The number of hydrogen-bond acceptors (Lipinski definition) is 4. The van der Waals surface area contributed by atoms with E-state index in [0.717, 1.165) is 29.7 Å². The molecule has 1 aliphatic heterocycles.